The van der Waals surface area contributed by atoms with Crippen LogP contribution in [0.25, 0.3) is 0 Å². The molecule has 2 amide bonds. The molecule has 7 nitrogen and oxygen atoms in total. The van der Waals surface area contributed by atoms with Gasteiger partial charge in [0.25, 0.3) is 0 Å². The third kappa shape index (κ3) is 6.75. The van der Waals surface area contributed by atoms with Crippen molar-refractivity contribution in [1.29, 1.82) is 0 Å². The maximum absolute atomic E-state index is 13.4. The Labute approximate surface area is 224 Å². The van der Waals surface area contributed by atoms with E-state index in [4.69, 9.17) is 4.74 Å². The second kappa shape index (κ2) is 11.1. The van der Waals surface area contributed by atoms with E-state index >= 15 is 0 Å². The van der Waals surface area contributed by atoms with Gasteiger partial charge in [0, 0.05) is 36.3 Å². The van der Waals surface area contributed by atoms with Gasteiger partial charge in [-0.1, -0.05) is 6.07 Å². The zero-order valence-corrected chi connectivity index (χ0v) is 21.4. The van der Waals surface area contributed by atoms with Gasteiger partial charge in [0.15, 0.2) is 0 Å². The summed E-state index contributed by atoms with van der Waals surface area (Å²) in [6.07, 6.45) is 0.554. The number of nitrogens with one attached hydrogen (secondary N) is 3. The minimum absolute atomic E-state index is 0.0406. The summed E-state index contributed by atoms with van der Waals surface area (Å²) in [6.45, 7) is 0.248. The van der Waals surface area contributed by atoms with Gasteiger partial charge < -0.3 is 20.7 Å². The highest BCUT2D eigenvalue weighted by atomic mass is 19.4. The fourth-order valence-electron chi connectivity index (χ4n) is 4.75. The van der Waals surface area contributed by atoms with Crippen LogP contribution >= 0.6 is 0 Å². The Morgan fingerprint density at radius 1 is 0.923 bits per heavy atom. The number of fused-ring (bicyclic) bond motifs is 1. The highest BCUT2D eigenvalue weighted by Gasteiger charge is 2.32. The first-order chi connectivity index (χ1) is 18.7. The number of ether oxygens (including phenoxy) is 1. The van der Waals surface area contributed by atoms with E-state index in [0.29, 0.717) is 42.1 Å². The molecule has 3 N–H and O–H groups in total. The molecule has 2 aromatic carbocycles. The number of nitrogens with zero attached hydrogens (tertiary/aromatic N) is 1. The number of amides is 2. The molecular weight excluding hydrogens is 509 g/mol. The van der Waals surface area contributed by atoms with Gasteiger partial charge in [0.2, 0.25) is 11.8 Å². The minimum Gasteiger partial charge on any atom is -0.457 e. The number of hydrogen-bond donors (Lipinski definition) is 3. The zero-order chi connectivity index (χ0) is 27.6. The van der Waals surface area contributed by atoms with Gasteiger partial charge in [-0.15, -0.1) is 0 Å². The lowest BCUT2D eigenvalue weighted by Gasteiger charge is -2.25. The van der Waals surface area contributed by atoms with Crippen LogP contribution in [0.4, 0.5) is 24.7 Å². The number of rotatable bonds is 8. The molecule has 10 heteroatoms. The molecule has 1 saturated carbocycles. The van der Waals surface area contributed by atoms with Gasteiger partial charge in [0.05, 0.1) is 5.56 Å². The van der Waals surface area contributed by atoms with Gasteiger partial charge in [-0.05, 0) is 92.2 Å². The molecule has 0 spiro atoms. The highest BCUT2D eigenvalue weighted by molar-refractivity contribution is 5.93. The van der Waals surface area contributed by atoms with Crippen LogP contribution in [0.2, 0.25) is 0 Å². The van der Waals surface area contributed by atoms with Crippen LogP contribution in [-0.2, 0) is 35.2 Å². The average molecular weight is 539 g/mol. The largest absolute Gasteiger partial charge is 0.457 e. The van der Waals surface area contributed by atoms with Crippen LogP contribution in [0, 0.1) is 11.8 Å². The van der Waals surface area contributed by atoms with Crippen molar-refractivity contribution in [2.24, 2.45) is 11.8 Å². The van der Waals surface area contributed by atoms with Crippen LogP contribution in [0.15, 0.2) is 54.7 Å². The monoisotopic (exact) mass is 538 g/mol. The first-order valence-electron chi connectivity index (χ1n) is 12.9. The summed E-state index contributed by atoms with van der Waals surface area (Å²) in [5.41, 5.74) is 1.83. The summed E-state index contributed by atoms with van der Waals surface area (Å²) < 4.78 is 46.2. The van der Waals surface area contributed by atoms with E-state index in [9.17, 15) is 22.8 Å². The first kappa shape index (κ1) is 26.7. The molecule has 0 bridgehead atoms. The number of carbonyl (C=O) groups is 2. The van der Waals surface area contributed by atoms with Crippen LogP contribution < -0.4 is 20.7 Å². The minimum atomic E-state index is -4.51. The number of alkyl halides is 3. The molecule has 1 unspecified atom stereocenters. The Kier molecular flexibility index (Phi) is 7.56. The number of pyridine rings is 1. The molecule has 0 saturated heterocycles. The van der Waals surface area contributed by atoms with E-state index in [-0.39, 0.29) is 35.9 Å². The third-order valence-corrected chi connectivity index (χ3v) is 6.91. The number of anilines is 2. The van der Waals surface area contributed by atoms with Crippen LogP contribution in [0.1, 0.15) is 41.5 Å². The Balaban J connectivity index is 1.26. The lowest BCUT2D eigenvalue weighted by molar-refractivity contribution is -0.137. The van der Waals surface area contributed by atoms with Gasteiger partial charge in [-0.25, -0.2) is 4.98 Å². The number of aryl methyl sites for hydroxylation is 1. The van der Waals surface area contributed by atoms with Crippen LogP contribution in [0.3, 0.4) is 0 Å². The fourth-order valence-corrected chi connectivity index (χ4v) is 4.75. The smallest absolute Gasteiger partial charge is 0.416 e. The molecular formula is C29H29F3N4O3. The SMILES string of the molecule is CNCc1cc(NC(=O)C2CCc3ccc(Oc4ccnc(NC(=O)C5CC5)c4)cc3C2)cc(C(F)(F)F)c1. The standard InChI is InChI=1S/C29H29F3N4O3/c1-33-16-17-10-22(29(30,31)32)14-23(11-17)35-28(38)20-5-2-18-6-7-24(13-21(18)12-20)39-25-8-9-34-26(15-25)36-27(37)19-3-4-19/h6-11,13-15,19-20,33H,2-5,12,16H2,1H3,(H,35,38)(H,34,36,37). The Morgan fingerprint density at radius 3 is 2.44 bits per heavy atom. The van der Waals surface area contributed by atoms with Crippen LogP contribution in [-0.4, -0.2) is 23.8 Å². The summed E-state index contributed by atoms with van der Waals surface area (Å²) in [5, 5.41) is 8.35. The fraction of sp³-hybridized carbons (Fsp3) is 0.345. The topological polar surface area (TPSA) is 92.3 Å². The van der Waals surface area contributed by atoms with Gasteiger partial charge in [-0.2, -0.15) is 13.2 Å². The van der Waals surface area contributed by atoms with Crippen molar-refractivity contribution in [1.82, 2.24) is 10.3 Å². The van der Waals surface area contributed by atoms with Gasteiger partial charge >= 0.3 is 6.18 Å². The Hall–Kier alpha value is -3.92. The van der Waals surface area contributed by atoms with E-state index in [1.54, 1.807) is 31.4 Å². The highest BCUT2D eigenvalue weighted by Crippen LogP contribution is 2.34. The van der Waals surface area contributed by atoms with Crippen molar-refractivity contribution < 1.29 is 27.5 Å². The second-order valence-corrected chi connectivity index (χ2v) is 10.0. The summed E-state index contributed by atoms with van der Waals surface area (Å²) >= 11 is 0. The molecule has 0 aliphatic heterocycles. The summed E-state index contributed by atoms with van der Waals surface area (Å²) in [6, 6.07) is 12.7. The molecule has 3 aromatic rings. The molecule has 1 aromatic heterocycles. The van der Waals surface area contributed by atoms with Crippen molar-refractivity contribution >= 4 is 23.3 Å². The quantitative estimate of drug-likeness (QED) is 0.342. The normalized spacial score (nSPS) is 16.8. The van der Waals surface area contributed by atoms with Crippen molar-refractivity contribution in [3.8, 4) is 11.5 Å². The van der Waals surface area contributed by atoms with Crippen molar-refractivity contribution in [2.75, 3.05) is 17.7 Å². The summed E-state index contributed by atoms with van der Waals surface area (Å²) in [7, 11) is 1.65. The molecule has 1 atom stereocenters. The van der Waals surface area contributed by atoms with Crippen molar-refractivity contribution in [2.45, 2.75) is 44.8 Å². The van der Waals surface area contributed by atoms with E-state index < -0.39 is 11.7 Å². The zero-order valence-electron chi connectivity index (χ0n) is 21.4. The molecule has 0 radical (unpaired) electrons. The predicted octanol–water partition coefficient (Wildman–Crippen LogP) is 5.70. The number of benzene rings is 2. The van der Waals surface area contributed by atoms with E-state index in [0.717, 1.165) is 36.1 Å². The molecule has 2 aliphatic carbocycles. The molecule has 2 aliphatic rings. The number of aromatic nitrogens is 1. The number of hydrogen-bond acceptors (Lipinski definition) is 5. The lowest BCUT2D eigenvalue weighted by Crippen LogP contribution is -2.28. The van der Waals surface area contributed by atoms with Gasteiger partial charge in [0.1, 0.15) is 17.3 Å². The van der Waals surface area contributed by atoms with Crippen LogP contribution in [0.5, 0.6) is 11.5 Å². The van der Waals surface area contributed by atoms with E-state index in [1.807, 2.05) is 18.2 Å². The molecule has 1 heterocycles. The second-order valence-electron chi connectivity index (χ2n) is 10.0. The molecule has 1 fully saturated rings. The molecule has 39 heavy (non-hydrogen) atoms. The summed E-state index contributed by atoms with van der Waals surface area (Å²) in [5.74, 6) is 0.837. The average Bonchev–Trinajstić information content (AvgIpc) is 3.74. The number of carbonyl (C=O) groups excluding carboxylic acids is 2. The Morgan fingerprint density at radius 2 is 1.69 bits per heavy atom. The van der Waals surface area contributed by atoms with Crippen molar-refractivity contribution in [3.63, 3.8) is 0 Å². The van der Waals surface area contributed by atoms with E-state index in [1.165, 1.54) is 0 Å². The maximum atomic E-state index is 13.4. The van der Waals surface area contributed by atoms with Crippen molar-refractivity contribution in [3.05, 3.63) is 77.0 Å². The Bertz CT molecular complexity index is 1390. The number of halogens is 3. The van der Waals surface area contributed by atoms with Gasteiger partial charge in [-0.3, -0.25) is 9.59 Å². The lowest BCUT2D eigenvalue weighted by atomic mass is 9.83. The first-order valence-corrected chi connectivity index (χ1v) is 12.9. The third-order valence-electron chi connectivity index (χ3n) is 6.91. The predicted molar refractivity (Wildman–Crippen MR) is 140 cm³/mol. The maximum Gasteiger partial charge on any atom is 0.416 e. The summed E-state index contributed by atoms with van der Waals surface area (Å²) in [4.78, 5) is 29.3. The van der Waals surface area contributed by atoms with E-state index in [2.05, 4.69) is 20.9 Å². The molecule has 204 valence electrons. The molecule has 5 rings (SSSR count).